The van der Waals surface area contributed by atoms with Crippen LogP contribution in [0, 0.1) is 4.77 Å². The lowest BCUT2D eigenvalue weighted by molar-refractivity contribution is 0.474. The zero-order chi connectivity index (χ0) is 21.8. The summed E-state index contributed by atoms with van der Waals surface area (Å²) < 4.78 is 2.01. The number of anilines is 1. The van der Waals surface area contributed by atoms with Crippen molar-refractivity contribution in [3.63, 3.8) is 0 Å². The molecule has 0 saturated carbocycles. The maximum atomic E-state index is 10.5. The van der Waals surface area contributed by atoms with Gasteiger partial charge < -0.3 is 10.0 Å². The summed E-state index contributed by atoms with van der Waals surface area (Å²) in [5.74, 6) is 0.885. The number of phenolic OH excluding ortho intramolecular Hbond substituents is 1. The quantitative estimate of drug-likeness (QED) is 0.315. The molecule has 2 N–H and O–H groups in total. The Morgan fingerprint density at radius 1 is 1.10 bits per heavy atom. The number of hydrogen-bond donors (Lipinski definition) is 2. The first kappa shape index (κ1) is 20.8. The number of hydrogen-bond acceptors (Lipinski definition) is 5. The SMILES string of the molecule is CCN(CC)c1ccc(C=Nn2c(Cc3cccc4ccccc34)n[nH]c2=S)c(O)c1. The number of aromatic amines is 1. The van der Waals surface area contributed by atoms with Crippen molar-refractivity contribution in [1.82, 2.24) is 14.9 Å². The van der Waals surface area contributed by atoms with Gasteiger partial charge in [0.1, 0.15) is 5.75 Å². The second kappa shape index (κ2) is 9.14. The van der Waals surface area contributed by atoms with Crippen LogP contribution in [0.2, 0.25) is 0 Å². The summed E-state index contributed by atoms with van der Waals surface area (Å²) in [4.78, 5) is 2.18. The predicted octanol–water partition coefficient (Wildman–Crippen LogP) is 5.12. The third-order valence-electron chi connectivity index (χ3n) is 5.40. The van der Waals surface area contributed by atoms with Gasteiger partial charge in [-0.25, -0.2) is 0 Å². The highest BCUT2D eigenvalue weighted by molar-refractivity contribution is 7.71. The Bertz CT molecular complexity index is 1280. The van der Waals surface area contributed by atoms with Gasteiger partial charge in [0.25, 0.3) is 0 Å². The van der Waals surface area contributed by atoms with Crippen molar-refractivity contribution in [2.24, 2.45) is 5.10 Å². The molecule has 0 aliphatic rings. The number of benzene rings is 3. The molecule has 0 bridgehead atoms. The number of aromatic nitrogens is 3. The fourth-order valence-corrected chi connectivity index (χ4v) is 3.92. The maximum Gasteiger partial charge on any atom is 0.216 e. The minimum absolute atomic E-state index is 0.179. The Kier molecular flexibility index (Phi) is 6.13. The van der Waals surface area contributed by atoms with Crippen molar-refractivity contribution < 1.29 is 5.11 Å². The first-order chi connectivity index (χ1) is 15.1. The van der Waals surface area contributed by atoms with Crippen molar-refractivity contribution in [2.75, 3.05) is 18.0 Å². The van der Waals surface area contributed by atoms with Crippen LogP contribution in [0.1, 0.15) is 30.8 Å². The van der Waals surface area contributed by atoms with Crippen molar-refractivity contribution in [3.05, 3.63) is 82.4 Å². The minimum Gasteiger partial charge on any atom is -0.507 e. The molecule has 0 atom stereocenters. The van der Waals surface area contributed by atoms with Crippen LogP contribution in [0.5, 0.6) is 5.75 Å². The molecule has 1 heterocycles. The second-order valence-corrected chi connectivity index (χ2v) is 7.62. The Morgan fingerprint density at radius 3 is 2.65 bits per heavy atom. The van der Waals surface area contributed by atoms with Crippen LogP contribution in [0.4, 0.5) is 5.69 Å². The third-order valence-corrected chi connectivity index (χ3v) is 5.67. The summed E-state index contributed by atoms with van der Waals surface area (Å²) in [6.07, 6.45) is 2.19. The lowest BCUT2D eigenvalue weighted by Crippen LogP contribution is -2.21. The molecule has 0 aliphatic carbocycles. The monoisotopic (exact) mass is 431 g/mol. The molecule has 0 fully saturated rings. The van der Waals surface area contributed by atoms with E-state index in [0.717, 1.165) is 24.3 Å². The number of phenols is 1. The van der Waals surface area contributed by atoms with E-state index in [9.17, 15) is 5.11 Å². The highest BCUT2D eigenvalue weighted by Crippen LogP contribution is 2.24. The fourth-order valence-electron chi connectivity index (χ4n) is 3.72. The molecule has 6 nitrogen and oxygen atoms in total. The highest BCUT2D eigenvalue weighted by atomic mass is 32.1. The molecule has 7 heteroatoms. The lowest BCUT2D eigenvalue weighted by Gasteiger charge is -2.21. The van der Waals surface area contributed by atoms with Crippen molar-refractivity contribution in [2.45, 2.75) is 20.3 Å². The molecular formula is C24H25N5OS. The van der Waals surface area contributed by atoms with Crippen LogP contribution in [0.15, 0.2) is 65.8 Å². The number of nitrogens with one attached hydrogen (secondary N) is 1. The van der Waals surface area contributed by atoms with E-state index in [4.69, 9.17) is 12.2 Å². The van der Waals surface area contributed by atoms with E-state index in [0.29, 0.717) is 22.6 Å². The van der Waals surface area contributed by atoms with Crippen LogP contribution in [-0.2, 0) is 6.42 Å². The van der Waals surface area contributed by atoms with E-state index in [1.165, 1.54) is 10.8 Å². The second-order valence-electron chi connectivity index (χ2n) is 7.23. The molecule has 4 rings (SSSR count). The maximum absolute atomic E-state index is 10.5. The van der Waals surface area contributed by atoms with Crippen LogP contribution in [0.3, 0.4) is 0 Å². The van der Waals surface area contributed by atoms with Crippen LogP contribution < -0.4 is 4.90 Å². The van der Waals surface area contributed by atoms with Gasteiger partial charge in [-0.2, -0.15) is 14.9 Å². The molecule has 3 aromatic carbocycles. The Morgan fingerprint density at radius 2 is 1.87 bits per heavy atom. The first-order valence-corrected chi connectivity index (χ1v) is 10.8. The topological polar surface area (TPSA) is 69.4 Å². The number of nitrogens with zero attached hydrogens (tertiary/aromatic N) is 4. The molecule has 0 radical (unpaired) electrons. The molecular weight excluding hydrogens is 406 g/mol. The standard InChI is InChI=1S/C24H25N5OS/c1-3-28(4-2)20-13-12-19(22(30)15-20)16-25-29-23(26-27-24(29)31)14-18-10-7-9-17-8-5-6-11-21(17)18/h5-13,15-16,30H,3-4,14H2,1-2H3,(H,27,31). The van der Waals surface area contributed by atoms with E-state index < -0.39 is 0 Å². The average molecular weight is 432 g/mol. The summed E-state index contributed by atoms with van der Waals surface area (Å²) in [6, 6.07) is 20.1. The molecule has 158 valence electrons. The van der Waals surface area contributed by atoms with Gasteiger partial charge in [-0.05, 0) is 54.5 Å². The van der Waals surface area contributed by atoms with Crippen LogP contribution in [0.25, 0.3) is 10.8 Å². The predicted molar refractivity (Wildman–Crippen MR) is 129 cm³/mol. The first-order valence-electron chi connectivity index (χ1n) is 10.4. The van der Waals surface area contributed by atoms with Crippen molar-refractivity contribution >= 4 is 34.9 Å². The van der Waals surface area contributed by atoms with Gasteiger partial charge in [-0.1, -0.05) is 42.5 Å². The molecule has 0 unspecified atom stereocenters. The van der Waals surface area contributed by atoms with Crippen LogP contribution in [-0.4, -0.2) is 39.3 Å². The Labute approximate surface area is 186 Å². The van der Waals surface area contributed by atoms with Gasteiger partial charge in [0.05, 0.1) is 6.21 Å². The van der Waals surface area contributed by atoms with E-state index >= 15 is 0 Å². The lowest BCUT2D eigenvalue weighted by atomic mass is 10.0. The summed E-state index contributed by atoms with van der Waals surface area (Å²) in [6.45, 7) is 5.94. The van der Waals surface area contributed by atoms with Gasteiger partial charge >= 0.3 is 0 Å². The fraction of sp³-hybridized carbons (Fsp3) is 0.208. The number of fused-ring (bicyclic) bond motifs is 1. The van der Waals surface area contributed by atoms with Gasteiger partial charge in [-0.3, -0.25) is 5.10 Å². The largest absolute Gasteiger partial charge is 0.507 e. The normalized spacial score (nSPS) is 11.4. The molecule has 0 saturated heterocycles. The van der Waals surface area contributed by atoms with Crippen molar-refractivity contribution in [3.8, 4) is 5.75 Å². The van der Waals surface area contributed by atoms with Gasteiger partial charge in [-0.15, -0.1) is 0 Å². The summed E-state index contributed by atoms with van der Waals surface area (Å²) in [5, 5.41) is 24.5. The minimum atomic E-state index is 0.179. The summed E-state index contributed by atoms with van der Waals surface area (Å²) in [7, 11) is 0. The zero-order valence-electron chi connectivity index (χ0n) is 17.6. The van der Waals surface area contributed by atoms with Gasteiger partial charge in [0.2, 0.25) is 4.77 Å². The van der Waals surface area contributed by atoms with E-state index in [2.05, 4.69) is 58.3 Å². The van der Waals surface area contributed by atoms with E-state index in [-0.39, 0.29) is 5.75 Å². The third kappa shape index (κ3) is 4.36. The summed E-state index contributed by atoms with van der Waals surface area (Å²) >= 11 is 5.38. The van der Waals surface area contributed by atoms with Gasteiger partial charge in [0.15, 0.2) is 5.82 Å². The zero-order valence-corrected chi connectivity index (χ0v) is 18.4. The molecule has 0 spiro atoms. The average Bonchev–Trinajstić information content (AvgIpc) is 3.13. The summed E-state index contributed by atoms with van der Waals surface area (Å²) in [5.41, 5.74) is 2.75. The van der Waals surface area contributed by atoms with Crippen molar-refractivity contribution in [1.29, 1.82) is 0 Å². The van der Waals surface area contributed by atoms with E-state index in [1.807, 2.05) is 30.3 Å². The van der Waals surface area contributed by atoms with Gasteiger partial charge in [0, 0.05) is 36.8 Å². The molecule has 0 aliphatic heterocycles. The number of aromatic hydroxyl groups is 1. The number of rotatable bonds is 7. The smallest absolute Gasteiger partial charge is 0.216 e. The van der Waals surface area contributed by atoms with E-state index in [1.54, 1.807) is 17.0 Å². The molecule has 4 aromatic rings. The Balaban J connectivity index is 1.63. The Hall–Kier alpha value is -3.45. The molecule has 31 heavy (non-hydrogen) atoms. The van der Waals surface area contributed by atoms with Crippen LogP contribution >= 0.6 is 12.2 Å². The molecule has 0 amide bonds. The number of H-pyrrole nitrogens is 1. The molecule has 1 aromatic heterocycles. The highest BCUT2D eigenvalue weighted by Gasteiger charge is 2.10.